The van der Waals surface area contributed by atoms with E-state index < -0.39 is 0 Å². The molecule has 2 aromatic heterocycles. The number of pyridine rings is 2. The lowest BCUT2D eigenvalue weighted by Gasteiger charge is -2.06. The van der Waals surface area contributed by atoms with Gasteiger partial charge in [-0.3, -0.25) is 4.98 Å². The molecule has 0 aliphatic rings. The van der Waals surface area contributed by atoms with Gasteiger partial charge in [0.05, 0.1) is 0 Å². The summed E-state index contributed by atoms with van der Waals surface area (Å²) < 4.78 is 1.04. The molecule has 0 aliphatic heterocycles. The number of aryl methyl sites for hydroxylation is 1. The van der Waals surface area contributed by atoms with Crippen molar-refractivity contribution in [1.82, 2.24) is 9.97 Å². The summed E-state index contributed by atoms with van der Waals surface area (Å²) in [6.45, 7) is 2.91. The molecule has 0 aliphatic carbocycles. The summed E-state index contributed by atoms with van der Waals surface area (Å²) in [6, 6.07) is 6.07. The predicted octanol–water partition coefficient (Wildman–Crippen LogP) is 3.20. The predicted molar refractivity (Wildman–Crippen MR) is 73.1 cm³/mol. The second-order valence-electron chi connectivity index (χ2n) is 3.86. The van der Waals surface area contributed by atoms with Crippen LogP contribution in [0.3, 0.4) is 0 Å². The van der Waals surface area contributed by atoms with Crippen LogP contribution in [0.25, 0.3) is 0 Å². The van der Waals surface area contributed by atoms with Crippen LogP contribution in [0.2, 0.25) is 0 Å². The highest BCUT2D eigenvalue weighted by atomic mass is 79.9. The molecule has 4 heteroatoms. The Bertz CT molecular complexity index is 485. The third-order valence-corrected chi connectivity index (χ3v) is 3.32. The van der Waals surface area contributed by atoms with Crippen LogP contribution in [0.5, 0.6) is 0 Å². The van der Waals surface area contributed by atoms with Gasteiger partial charge in [0.2, 0.25) is 0 Å². The van der Waals surface area contributed by atoms with Crippen LogP contribution in [0, 0.1) is 6.92 Å². The molecule has 0 saturated carbocycles. The van der Waals surface area contributed by atoms with Crippen LogP contribution < -0.4 is 5.32 Å². The van der Waals surface area contributed by atoms with Crippen molar-refractivity contribution in [3.8, 4) is 0 Å². The Hall–Kier alpha value is -1.42. The van der Waals surface area contributed by atoms with Crippen molar-refractivity contribution in [3.05, 3.63) is 52.4 Å². The number of aromatic nitrogens is 2. The fourth-order valence-electron chi connectivity index (χ4n) is 1.52. The minimum Gasteiger partial charge on any atom is -0.370 e. The molecule has 2 aromatic rings. The maximum Gasteiger partial charge on any atom is 0.126 e. The number of hydrogen-bond donors (Lipinski definition) is 1. The zero-order valence-corrected chi connectivity index (χ0v) is 11.2. The van der Waals surface area contributed by atoms with Crippen LogP contribution >= 0.6 is 15.9 Å². The zero-order chi connectivity index (χ0) is 12.1. The molecule has 0 unspecified atom stereocenters. The number of halogens is 1. The van der Waals surface area contributed by atoms with E-state index in [9.17, 15) is 0 Å². The van der Waals surface area contributed by atoms with Crippen molar-refractivity contribution < 1.29 is 0 Å². The Balaban J connectivity index is 1.88. The van der Waals surface area contributed by atoms with Crippen molar-refractivity contribution in [2.75, 3.05) is 11.9 Å². The second-order valence-corrected chi connectivity index (χ2v) is 4.71. The van der Waals surface area contributed by atoms with E-state index >= 15 is 0 Å². The summed E-state index contributed by atoms with van der Waals surface area (Å²) in [4.78, 5) is 8.38. The summed E-state index contributed by atoms with van der Waals surface area (Å²) >= 11 is 3.44. The monoisotopic (exact) mass is 291 g/mol. The van der Waals surface area contributed by atoms with Gasteiger partial charge >= 0.3 is 0 Å². The quantitative estimate of drug-likeness (QED) is 0.940. The first-order chi connectivity index (χ1) is 8.25. The molecule has 0 saturated heterocycles. The van der Waals surface area contributed by atoms with E-state index in [2.05, 4.69) is 44.2 Å². The fourth-order valence-corrected chi connectivity index (χ4v) is 1.73. The summed E-state index contributed by atoms with van der Waals surface area (Å²) in [6.07, 6.45) is 6.45. The molecule has 0 aromatic carbocycles. The first-order valence-corrected chi connectivity index (χ1v) is 6.30. The maximum absolute atomic E-state index is 4.30. The molecule has 17 heavy (non-hydrogen) atoms. The van der Waals surface area contributed by atoms with E-state index in [1.165, 1.54) is 11.1 Å². The molecule has 3 nitrogen and oxygen atoms in total. The topological polar surface area (TPSA) is 37.8 Å². The van der Waals surface area contributed by atoms with Crippen molar-refractivity contribution in [3.63, 3.8) is 0 Å². The van der Waals surface area contributed by atoms with Crippen molar-refractivity contribution in [2.45, 2.75) is 13.3 Å². The van der Waals surface area contributed by atoms with Crippen molar-refractivity contribution >= 4 is 21.7 Å². The number of hydrogen-bond acceptors (Lipinski definition) is 3. The van der Waals surface area contributed by atoms with Crippen LogP contribution in [0.1, 0.15) is 11.1 Å². The number of anilines is 1. The largest absolute Gasteiger partial charge is 0.370 e. The standard InChI is InChI=1S/C13H14BrN3/c1-10-7-13(17-9-12(10)14)16-6-4-11-3-2-5-15-8-11/h2-3,5,7-9H,4,6H2,1H3,(H,16,17). The minimum absolute atomic E-state index is 0.861. The molecular formula is C13H14BrN3. The lowest BCUT2D eigenvalue weighted by molar-refractivity contribution is 0.992. The summed E-state index contributed by atoms with van der Waals surface area (Å²) in [7, 11) is 0. The average Bonchev–Trinajstić information content (AvgIpc) is 2.35. The van der Waals surface area contributed by atoms with Crippen LogP contribution in [-0.4, -0.2) is 16.5 Å². The number of nitrogens with one attached hydrogen (secondary N) is 1. The lowest BCUT2D eigenvalue weighted by atomic mass is 10.2. The van der Waals surface area contributed by atoms with Gasteiger partial charge in [0.1, 0.15) is 5.82 Å². The molecule has 0 atom stereocenters. The van der Waals surface area contributed by atoms with E-state index in [1.54, 1.807) is 6.20 Å². The van der Waals surface area contributed by atoms with Gasteiger partial charge in [-0.2, -0.15) is 0 Å². The normalized spacial score (nSPS) is 10.2. The Labute approximate surface area is 109 Å². The summed E-state index contributed by atoms with van der Waals surface area (Å²) in [5.74, 6) is 0.912. The third kappa shape index (κ3) is 3.53. The van der Waals surface area contributed by atoms with Gasteiger partial charge in [0.25, 0.3) is 0 Å². The van der Waals surface area contributed by atoms with Crippen molar-refractivity contribution in [1.29, 1.82) is 0 Å². The first-order valence-electron chi connectivity index (χ1n) is 5.50. The van der Waals surface area contributed by atoms with E-state index in [0.717, 1.165) is 23.3 Å². The minimum atomic E-state index is 0.861. The number of nitrogens with zero attached hydrogens (tertiary/aromatic N) is 2. The van der Waals surface area contributed by atoms with Crippen LogP contribution in [-0.2, 0) is 6.42 Å². The van der Waals surface area contributed by atoms with Gasteiger partial charge in [-0.15, -0.1) is 0 Å². The highest BCUT2D eigenvalue weighted by Gasteiger charge is 1.98. The SMILES string of the molecule is Cc1cc(NCCc2cccnc2)ncc1Br. The Morgan fingerprint density at radius 3 is 2.94 bits per heavy atom. The van der Waals surface area contributed by atoms with Gasteiger partial charge in [-0.05, 0) is 52.5 Å². The van der Waals surface area contributed by atoms with E-state index in [0.29, 0.717) is 0 Å². The smallest absolute Gasteiger partial charge is 0.126 e. The maximum atomic E-state index is 4.30. The Morgan fingerprint density at radius 2 is 2.24 bits per heavy atom. The average molecular weight is 292 g/mol. The highest BCUT2D eigenvalue weighted by molar-refractivity contribution is 9.10. The number of rotatable bonds is 4. The molecule has 0 fully saturated rings. The molecule has 2 rings (SSSR count). The van der Waals surface area contributed by atoms with Gasteiger partial charge in [-0.1, -0.05) is 6.07 Å². The van der Waals surface area contributed by atoms with Gasteiger partial charge in [0, 0.05) is 29.6 Å². The van der Waals surface area contributed by atoms with Crippen LogP contribution in [0.15, 0.2) is 41.3 Å². The lowest BCUT2D eigenvalue weighted by Crippen LogP contribution is -2.06. The molecule has 88 valence electrons. The fraction of sp³-hybridized carbons (Fsp3) is 0.231. The Kier molecular flexibility index (Phi) is 4.09. The van der Waals surface area contributed by atoms with E-state index in [1.807, 2.05) is 24.5 Å². The zero-order valence-electron chi connectivity index (χ0n) is 9.65. The molecule has 0 spiro atoms. The Morgan fingerprint density at radius 1 is 1.35 bits per heavy atom. The van der Waals surface area contributed by atoms with E-state index in [4.69, 9.17) is 0 Å². The van der Waals surface area contributed by atoms with Gasteiger partial charge < -0.3 is 5.32 Å². The first kappa shape index (κ1) is 12.0. The third-order valence-electron chi connectivity index (χ3n) is 2.49. The summed E-state index contributed by atoms with van der Waals surface area (Å²) in [5, 5.41) is 3.30. The molecule has 0 radical (unpaired) electrons. The van der Waals surface area contributed by atoms with Gasteiger partial charge in [-0.25, -0.2) is 4.98 Å². The second kappa shape index (κ2) is 5.77. The molecule has 0 bridgehead atoms. The molecule has 1 N–H and O–H groups in total. The molecular weight excluding hydrogens is 278 g/mol. The van der Waals surface area contributed by atoms with Gasteiger partial charge in [0.15, 0.2) is 0 Å². The summed E-state index contributed by atoms with van der Waals surface area (Å²) in [5.41, 5.74) is 2.41. The van der Waals surface area contributed by atoms with Crippen molar-refractivity contribution in [2.24, 2.45) is 0 Å². The van der Waals surface area contributed by atoms with E-state index in [-0.39, 0.29) is 0 Å². The highest BCUT2D eigenvalue weighted by Crippen LogP contribution is 2.17. The molecule has 2 heterocycles. The van der Waals surface area contributed by atoms with Crippen LogP contribution in [0.4, 0.5) is 5.82 Å². The molecule has 0 amide bonds.